The third-order valence-corrected chi connectivity index (χ3v) is 8.97. The fourth-order valence-corrected chi connectivity index (χ4v) is 6.55. The molecule has 2 aliphatic heterocycles. The zero-order valence-electron chi connectivity index (χ0n) is 20.4. The molecular formula is C28H26I2O5. The number of aromatic hydroxyl groups is 1. The van der Waals surface area contributed by atoms with Gasteiger partial charge in [0.1, 0.15) is 5.75 Å². The van der Waals surface area contributed by atoms with Crippen molar-refractivity contribution in [3.05, 3.63) is 77.1 Å². The van der Waals surface area contributed by atoms with Crippen LogP contribution in [0.3, 0.4) is 0 Å². The molecule has 0 saturated heterocycles. The first-order valence-electron chi connectivity index (χ1n) is 11.4. The lowest BCUT2D eigenvalue weighted by molar-refractivity contribution is -0.120. The Labute approximate surface area is 232 Å². The average Bonchev–Trinajstić information content (AvgIpc) is 3.05. The van der Waals surface area contributed by atoms with Crippen LogP contribution in [0.5, 0.6) is 11.5 Å². The third kappa shape index (κ3) is 3.43. The molecule has 5 nitrogen and oxygen atoms in total. The number of allylic oxidation sites excluding steroid dienone is 2. The van der Waals surface area contributed by atoms with Crippen molar-refractivity contribution in [3.63, 3.8) is 0 Å². The molecule has 2 atom stereocenters. The predicted octanol–water partition coefficient (Wildman–Crippen LogP) is 6.92. The Morgan fingerprint density at radius 3 is 2.29 bits per heavy atom. The Hall–Kier alpha value is -1.88. The smallest absolute Gasteiger partial charge is 0.340 e. The van der Waals surface area contributed by atoms with E-state index in [2.05, 4.69) is 22.6 Å². The molecule has 2 aromatic carbocycles. The van der Waals surface area contributed by atoms with Gasteiger partial charge < -0.3 is 14.6 Å². The fourth-order valence-electron chi connectivity index (χ4n) is 5.12. The van der Waals surface area contributed by atoms with E-state index in [9.17, 15) is 14.7 Å². The van der Waals surface area contributed by atoms with E-state index in [4.69, 9.17) is 9.47 Å². The molecule has 1 aliphatic carbocycles. The van der Waals surface area contributed by atoms with Gasteiger partial charge in [0, 0.05) is 28.2 Å². The van der Waals surface area contributed by atoms with Crippen molar-refractivity contribution in [1.82, 2.24) is 0 Å². The molecule has 0 fully saturated rings. The molecule has 0 saturated carbocycles. The number of esters is 1. The minimum absolute atomic E-state index is 0.0291. The molecule has 35 heavy (non-hydrogen) atoms. The van der Waals surface area contributed by atoms with Gasteiger partial charge in [-0.2, -0.15) is 0 Å². The normalized spacial score (nSPS) is 23.4. The molecule has 2 unspecified atom stereocenters. The second-order valence-corrected chi connectivity index (χ2v) is 13.5. The molecule has 5 rings (SSSR count). The molecule has 0 radical (unpaired) electrons. The number of carbonyl (C=O) groups excluding carboxylic acids is 2. The van der Waals surface area contributed by atoms with Crippen LogP contribution in [-0.4, -0.2) is 16.9 Å². The topological polar surface area (TPSA) is 72.8 Å². The summed E-state index contributed by atoms with van der Waals surface area (Å²) in [5.41, 5.74) is 1.23. The van der Waals surface area contributed by atoms with E-state index < -0.39 is 17.5 Å². The quantitative estimate of drug-likeness (QED) is 0.240. The number of rotatable bonds is 0. The molecular weight excluding hydrogens is 670 g/mol. The monoisotopic (exact) mass is 696 g/mol. The van der Waals surface area contributed by atoms with Gasteiger partial charge in [0.25, 0.3) is 0 Å². The Balaban J connectivity index is 1.95. The molecule has 0 amide bonds. The SMILES string of the molecule is CC(C)(C)c1cc2c(c(I)c1O)OC1=C(I)C(=O)C(C(C)(C)C)C=C1C21OC(=O)c2ccccc21. The molecule has 3 aliphatic rings. The summed E-state index contributed by atoms with van der Waals surface area (Å²) in [4.78, 5) is 26.7. The number of benzene rings is 2. The van der Waals surface area contributed by atoms with Crippen LogP contribution >= 0.6 is 45.2 Å². The van der Waals surface area contributed by atoms with Crippen LogP contribution in [0.4, 0.5) is 0 Å². The van der Waals surface area contributed by atoms with Crippen molar-refractivity contribution in [2.45, 2.75) is 52.6 Å². The number of fused-ring (bicyclic) bond motifs is 6. The molecule has 2 heterocycles. The van der Waals surface area contributed by atoms with Gasteiger partial charge in [-0.05, 0) is 68.1 Å². The summed E-state index contributed by atoms with van der Waals surface area (Å²) >= 11 is 4.12. The summed E-state index contributed by atoms with van der Waals surface area (Å²) in [7, 11) is 0. The van der Waals surface area contributed by atoms with E-state index in [-0.39, 0.29) is 22.4 Å². The molecule has 2 aromatic rings. The molecule has 182 valence electrons. The van der Waals surface area contributed by atoms with Crippen LogP contribution in [0.15, 0.2) is 51.3 Å². The van der Waals surface area contributed by atoms with Crippen molar-refractivity contribution in [2.75, 3.05) is 0 Å². The number of carbonyl (C=O) groups is 2. The Morgan fingerprint density at radius 1 is 1.00 bits per heavy atom. The fraction of sp³-hybridized carbons (Fsp3) is 0.357. The number of hydrogen-bond donors (Lipinski definition) is 1. The standard InChI is InChI=1S/C28H26I2O5/c1-26(2,3)15-11-17-23(19(29)21(15)31)34-24-18(12-16(27(4,5)6)22(32)20(24)30)28(17)14-10-8-7-9-13(14)25(33)35-28/h7-12,15,32H,1-6H3. The number of phenols is 1. The second-order valence-electron chi connectivity index (χ2n) is 11.4. The number of ether oxygens (including phenoxy) is 2. The molecule has 7 heteroatoms. The highest BCUT2D eigenvalue weighted by Crippen LogP contribution is 2.60. The van der Waals surface area contributed by atoms with Gasteiger partial charge in [0.05, 0.1) is 12.7 Å². The summed E-state index contributed by atoms with van der Waals surface area (Å²) in [5.74, 6) is 0.0482. The predicted molar refractivity (Wildman–Crippen MR) is 150 cm³/mol. The number of hydrogen-bond acceptors (Lipinski definition) is 5. The van der Waals surface area contributed by atoms with E-state index in [0.717, 1.165) is 5.56 Å². The zero-order valence-corrected chi connectivity index (χ0v) is 24.7. The van der Waals surface area contributed by atoms with E-state index in [1.807, 2.05) is 94.5 Å². The highest BCUT2D eigenvalue weighted by atomic mass is 127. The van der Waals surface area contributed by atoms with Crippen LogP contribution in [0.25, 0.3) is 0 Å². The lowest BCUT2D eigenvalue weighted by Gasteiger charge is -2.43. The van der Waals surface area contributed by atoms with E-state index >= 15 is 0 Å². The van der Waals surface area contributed by atoms with Crippen LogP contribution < -0.4 is 4.74 Å². The first kappa shape index (κ1) is 24.8. The third-order valence-electron chi connectivity index (χ3n) is 6.95. The second kappa shape index (κ2) is 7.81. The Morgan fingerprint density at radius 2 is 1.66 bits per heavy atom. The molecule has 1 N–H and O–H groups in total. The Kier molecular flexibility index (Phi) is 5.53. The first-order valence-corrected chi connectivity index (χ1v) is 13.6. The summed E-state index contributed by atoms with van der Waals surface area (Å²) in [5, 5.41) is 11.1. The maximum Gasteiger partial charge on any atom is 0.340 e. The van der Waals surface area contributed by atoms with Crippen molar-refractivity contribution in [1.29, 1.82) is 0 Å². The van der Waals surface area contributed by atoms with Gasteiger partial charge in [-0.25, -0.2) is 4.79 Å². The van der Waals surface area contributed by atoms with Gasteiger partial charge in [0.15, 0.2) is 22.9 Å². The lowest BCUT2D eigenvalue weighted by Crippen LogP contribution is -2.42. The van der Waals surface area contributed by atoms with Gasteiger partial charge in [-0.15, -0.1) is 0 Å². The van der Waals surface area contributed by atoms with Gasteiger partial charge >= 0.3 is 5.97 Å². The Bertz CT molecular complexity index is 1390. The van der Waals surface area contributed by atoms with Crippen molar-refractivity contribution in [2.24, 2.45) is 11.3 Å². The van der Waals surface area contributed by atoms with Crippen LogP contribution in [-0.2, 0) is 20.5 Å². The molecule has 1 spiro atoms. The van der Waals surface area contributed by atoms with E-state index in [0.29, 0.717) is 40.9 Å². The minimum atomic E-state index is -1.29. The number of halogens is 2. The lowest BCUT2D eigenvalue weighted by atomic mass is 9.68. The highest BCUT2D eigenvalue weighted by Gasteiger charge is 2.58. The number of ketones is 1. The van der Waals surface area contributed by atoms with Crippen molar-refractivity contribution >= 4 is 56.9 Å². The van der Waals surface area contributed by atoms with Crippen LogP contribution in [0, 0.1) is 14.9 Å². The maximum atomic E-state index is 13.4. The minimum Gasteiger partial charge on any atom is -0.506 e. The number of Topliss-reactive ketones (excluding diaryl/α,β-unsaturated/α-hetero) is 1. The van der Waals surface area contributed by atoms with Gasteiger partial charge in [-0.3, -0.25) is 4.79 Å². The van der Waals surface area contributed by atoms with E-state index in [1.54, 1.807) is 6.07 Å². The van der Waals surface area contributed by atoms with E-state index in [1.165, 1.54) is 0 Å². The molecule has 0 aromatic heterocycles. The zero-order chi connectivity index (χ0) is 25.7. The summed E-state index contributed by atoms with van der Waals surface area (Å²) in [6.07, 6.45) is 1.93. The molecule has 0 bridgehead atoms. The van der Waals surface area contributed by atoms with Crippen LogP contribution in [0.1, 0.15) is 68.6 Å². The van der Waals surface area contributed by atoms with Gasteiger partial charge in [0.2, 0.25) is 0 Å². The number of phenolic OH excluding ortho intramolecular Hbond substituents is 1. The van der Waals surface area contributed by atoms with Gasteiger partial charge in [-0.1, -0.05) is 65.8 Å². The summed E-state index contributed by atoms with van der Waals surface area (Å²) in [6.45, 7) is 12.2. The average molecular weight is 696 g/mol. The first-order chi connectivity index (χ1) is 16.2. The maximum absolute atomic E-state index is 13.4. The highest BCUT2D eigenvalue weighted by molar-refractivity contribution is 14.1. The van der Waals surface area contributed by atoms with Crippen molar-refractivity contribution in [3.8, 4) is 11.5 Å². The summed E-state index contributed by atoms with van der Waals surface area (Å²) < 4.78 is 13.7. The largest absolute Gasteiger partial charge is 0.506 e. The van der Waals surface area contributed by atoms with Crippen molar-refractivity contribution < 1.29 is 24.2 Å². The van der Waals surface area contributed by atoms with Crippen LogP contribution in [0.2, 0.25) is 0 Å². The summed E-state index contributed by atoms with van der Waals surface area (Å²) in [6, 6.07) is 9.27.